The summed E-state index contributed by atoms with van der Waals surface area (Å²) in [6, 6.07) is 2.07. The largest absolute Gasteiger partial charge is 0.396 e. The van der Waals surface area contributed by atoms with Gasteiger partial charge in [0, 0.05) is 10.6 Å². The zero-order chi connectivity index (χ0) is 11.6. The fourth-order valence-electron chi connectivity index (χ4n) is 1.11. The van der Waals surface area contributed by atoms with E-state index in [2.05, 4.69) is 0 Å². The van der Waals surface area contributed by atoms with Crippen molar-refractivity contribution in [2.75, 3.05) is 12.3 Å². The van der Waals surface area contributed by atoms with Crippen molar-refractivity contribution >= 4 is 17.3 Å². The van der Waals surface area contributed by atoms with Crippen molar-refractivity contribution in [2.45, 2.75) is 12.2 Å². The van der Waals surface area contributed by atoms with Gasteiger partial charge in [0.2, 0.25) is 0 Å². The fourth-order valence-corrected chi connectivity index (χ4v) is 1.40. The minimum absolute atomic E-state index is 0.00934. The second kappa shape index (κ2) is 4.76. The highest BCUT2D eigenvalue weighted by Gasteiger charge is 2.21. The molecule has 0 amide bonds. The number of rotatable bonds is 3. The second-order valence-electron chi connectivity index (χ2n) is 3.09. The third kappa shape index (κ3) is 2.57. The Bertz CT molecular complexity index is 361. The summed E-state index contributed by atoms with van der Waals surface area (Å²) in [4.78, 5) is 0. The Morgan fingerprint density at radius 2 is 2.00 bits per heavy atom. The summed E-state index contributed by atoms with van der Waals surface area (Å²) in [5, 5.41) is 27.3. The Kier molecular flexibility index (Phi) is 3.87. The highest BCUT2D eigenvalue weighted by atomic mass is 35.5. The molecular formula is C9H11ClFNO3. The molecule has 0 spiro atoms. The van der Waals surface area contributed by atoms with Crippen molar-refractivity contribution in [2.24, 2.45) is 0 Å². The van der Waals surface area contributed by atoms with Crippen LogP contribution in [0.4, 0.5) is 10.1 Å². The molecule has 0 aromatic heterocycles. The van der Waals surface area contributed by atoms with E-state index < -0.39 is 24.6 Å². The molecule has 0 saturated heterocycles. The quantitative estimate of drug-likeness (QED) is 0.573. The van der Waals surface area contributed by atoms with Crippen molar-refractivity contribution in [1.82, 2.24) is 0 Å². The van der Waals surface area contributed by atoms with E-state index in [1.54, 1.807) is 0 Å². The van der Waals surface area contributed by atoms with Crippen LogP contribution in [0.1, 0.15) is 11.7 Å². The lowest BCUT2D eigenvalue weighted by atomic mass is 10.0. The van der Waals surface area contributed by atoms with Crippen LogP contribution < -0.4 is 5.73 Å². The van der Waals surface area contributed by atoms with Crippen LogP contribution in [0, 0.1) is 5.82 Å². The lowest BCUT2D eigenvalue weighted by molar-refractivity contribution is -0.0153. The van der Waals surface area contributed by atoms with E-state index >= 15 is 0 Å². The number of hydrogen-bond acceptors (Lipinski definition) is 4. The molecule has 1 aromatic carbocycles. The zero-order valence-corrected chi connectivity index (χ0v) is 8.45. The number of halogens is 2. The molecule has 2 atom stereocenters. The molecule has 0 radical (unpaired) electrons. The third-order valence-electron chi connectivity index (χ3n) is 1.99. The minimum atomic E-state index is -1.45. The SMILES string of the molecule is Nc1cc(Cl)c(C(O)C(O)CO)cc1F. The third-order valence-corrected chi connectivity index (χ3v) is 2.31. The number of nitrogens with two attached hydrogens (primary N) is 1. The van der Waals surface area contributed by atoms with E-state index in [4.69, 9.17) is 27.5 Å². The number of nitrogen functional groups attached to an aromatic ring is 1. The lowest BCUT2D eigenvalue weighted by Gasteiger charge is -2.17. The van der Waals surface area contributed by atoms with Crippen LogP contribution in [0.25, 0.3) is 0 Å². The van der Waals surface area contributed by atoms with Gasteiger partial charge in [-0.15, -0.1) is 0 Å². The number of aliphatic hydroxyl groups is 3. The highest BCUT2D eigenvalue weighted by Crippen LogP contribution is 2.29. The Labute approximate surface area is 90.7 Å². The Morgan fingerprint density at radius 3 is 2.53 bits per heavy atom. The fraction of sp³-hybridized carbons (Fsp3) is 0.333. The first-order valence-corrected chi connectivity index (χ1v) is 4.56. The first-order chi connectivity index (χ1) is 6.97. The predicted octanol–water partition coefficient (Wildman–Crippen LogP) is 0.448. The Balaban J connectivity index is 3.09. The van der Waals surface area contributed by atoms with Gasteiger partial charge in [0.25, 0.3) is 0 Å². The van der Waals surface area contributed by atoms with E-state index in [0.29, 0.717) is 0 Å². The maximum atomic E-state index is 13.0. The van der Waals surface area contributed by atoms with Gasteiger partial charge >= 0.3 is 0 Å². The normalized spacial score (nSPS) is 15.0. The van der Waals surface area contributed by atoms with E-state index in [9.17, 15) is 9.50 Å². The number of benzene rings is 1. The van der Waals surface area contributed by atoms with Crippen molar-refractivity contribution in [3.05, 3.63) is 28.5 Å². The Morgan fingerprint density at radius 1 is 1.40 bits per heavy atom. The molecule has 0 fully saturated rings. The lowest BCUT2D eigenvalue weighted by Crippen LogP contribution is -2.22. The summed E-state index contributed by atoms with van der Waals surface area (Å²) in [6.07, 6.45) is -2.86. The maximum absolute atomic E-state index is 13.0. The molecule has 0 bridgehead atoms. The molecule has 0 aliphatic rings. The average molecular weight is 236 g/mol. The van der Waals surface area contributed by atoms with Crippen LogP contribution in [0.15, 0.2) is 12.1 Å². The summed E-state index contributed by atoms with van der Waals surface area (Å²) in [6.45, 7) is -0.649. The van der Waals surface area contributed by atoms with Crippen LogP contribution in [0.3, 0.4) is 0 Å². The van der Waals surface area contributed by atoms with Gasteiger partial charge < -0.3 is 21.1 Å². The van der Waals surface area contributed by atoms with Crippen LogP contribution in [-0.2, 0) is 0 Å². The van der Waals surface area contributed by atoms with E-state index in [1.807, 2.05) is 0 Å². The van der Waals surface area contributed by atoms with Crippen molar-refractivity contribution in [3.63, 3.8) is 0 Å². The van der Waals surface area contributed by atoms with Crippen LogP contribution in [-0.4, -0.2) is 28.0 Å². The molecule has 5 N–H and O–H groups in total. The van der Waals surface area contributed by atoms with Gasteiger partial charge in [-0.2, -0.15) is 0 Å². The zero-order valence-electron chi connectivity index (χ0n) is 7.69. The maximum Gasteiger partial charge on any atom is 0.146 e. The average Bonchev–Trinajstić information content (AvgIpc) is 2.21. The minimum Gasteiger partial charge on any atom is -0.396 e. The molecule has 0 aliphatic heterocycles. The standard InChI is InChI=1S/C9H11ClFNO3/c10-5-2-7(12)6(11)1-4(5)9(15)8(14)3-13/h1-2,8-9,13-15H,3,12H2. The molecule has 1 rings (SSSR count). The van der Waals surface area contributed by atoms with Crippen LogP contribution >= 0.6 is 11.6 Å². The summed E-state index contributed by atoms with van der Waals surface area (Å²) in [5.41, 5.74) is 5.09. The molecule has 0 aliphatic carbocycles. The van der Waals surface area contributed by atoms with E-state index in [0.717, 1.165) is 12.1 Å². The van der Waals surface area contributed by atoms with Crippen molar-refractivity contribution in [3.8, 4) is 0 Å². The van der Waals surface area contributed by atoms with Gasteiger partial charge in [0.15, 0.2) is 0 Å². The smallest absolute Gasteiger partial charge is 0.146 e. The number of hydrogen-bond donors (Lipinski definition) is 4. The summed E-state index contributed by atoms with van der Waals surface area (Å²) < 4.78 is 13.0. The molecule has 1 aromatic rings. The van der Waals surface area contributed by atoms with Crippen molar-refractivity contribution in [1.29, 1.82) is 0 Å². The summed E-state index contributed by atoms with van der Waals surface area (Å²) in [7, 11) is 0. The number of aliphatic hydroxyl groups excluding tert-OH is 3. The summed E-state index contributed by atoms with van der Waals surface area (Å²) >= 11 is 5.70. The van der Waals surface area contributed by atoms with Gasteiger partial charge in [0.05, 0.1) is 12.3 Å². The first kappa shape index (κ1) is 12.2. The van der Waals surface area contributed by atoms with Gasteiger partial charge in [0.1, 0.15) is 18.0 Å². The van der Waals surface area contributed by atoms with Gasteiger partial charge in [-0.25, -0.2) is 4.39 Å². The van der Waals surface area contributed by atoms with Crippen molar-refractivity contribution < 1.29 is 19.7 Å². The topological polar surface area (TPSA) is 86.7 Å². The van der Waals surface area contributed by atoms with Crippen LogP contribution in [0.2, 0.25) is 5.02 Å². The first-order valence-electron chi connectivity index (χ1n) is 4.18. The van der Waals surface area contributed by atoms with Gasteiger partial charge in [-0.1, -0.05) is 11.6 Å². The molecule has 2 unspecified atom stereocenters. The molecule has 84 valence electrons. The molecule has 0 heterocycles. The summed E-state index contributed by atoms with van der Waals surface area (Å²) in [5.74, 6) is -0.737. The number of anilines is 1. The molecular weight excluding hydrogens is 225 g/mol. The van der Waals surface area contributed by atoms with Crippen LogP contribution in [0.5, 0.6) is 0 Å². The van der Waals surface area contributed by atoms with Gasteiger partial charge in [-0.3, -0.25) is 0 Å². The van der Waals surface area contributed by atoms with E-state index in [1.165, 1.54) is 0 Å². The molecule has 4 nitrogen and oxygen atoms in total. The second-order valence-corrected chi connectivity index (χ2v) is 3.50. The molecule has 6 heteroatoms. The highest BCUT2D eigenvalue weighted by molar-refractivity contribution is 6.31. The molecule has 0 saturated carbocycles. The monoisotopic (exact) mass is 235 g/mol. The predicted molar refractivity (Wildman–Crippen MR) is 53.9 cm³/mol. The Hall–Kier alpha value is -0.880. The van der Waals surface area contributed by atoms with E-state index in [-0.39, 0.29) is 16.3 Å². The van der Waals surface area contributed by atoms with Gasteiger partial charge in [-0.05, 0) is 12.1 Å². The molecule has 15 heavy (non-hydrogen) atoms.